The maximum Gasteiger partial charge on any atom is 0.147 e. The van der Waals surface area contributed by atoms with Gasteiger partial charge in [-0.15, -0.1) is 0 Å². The van der Waals surface area contributed by atoms with Gasteiger partial charge in [-0.2, -0.15) is 0 Å². The number of imidazole rings is 1. The van der Waals surface area contributed by atoms with Crippen molar-refractivity contribution in [2.45, 2.75) is 0 Å². The highest BCUT2D eigenvalue weighted by atomic mass is 79.9. The lowest BCUT2D eigenvalue weighted by Gasteiger charge is -2.09. The lowest BCUT2D eigenvalue weighted by atomic mass is 10.2. The Morgan fingerprint density at radius 1 is 1.25 bits per heavy atom. The lowest BCUT2D eigenvalue weighted by molar-refractivity contribution is 0.443. The number of hydrogen-bond acceptors (Lipinski definition) is 3. The van der Waals surface area contributed by atoms with Crippen LogP contribution in [0, 0.1) is 0 Å². The zero-order valence-electron chi connectivity index (χ0n) is 8.28. The fourth-order valence-corrected chi connectivity index (χ4v) is 2.51. The van der Waals surface area contributed by atoms with E-state index in [1.807, 2.05) is 7.05 Å². The third-order valence-electron chi connectivity index (χ3n) is 2.23. The Labute approximate surface area is 109 Å². The number of halogens is 2. The van der Waals surface area contributed by atoms with Gasteiger partial charge >= 0.3 is 0 Å². The van der Waals surface area contributed by atoms with Gasteiger partial charge in [-0.1, -0.05) is 0 Å². The Morgan fingerprint density at radius 3 is 2.50 bits per heavy atom. The minimum atomic E-state index is -0.0324. The van der Waals surface area contributed by atoms with Crippen molar-refractivity contribution in [3.8, 4) is 22.9 Å². The van der Waals surface area contributed by atoms with Crippen LogP contribution in [0.1, 0.15) is 0 Å². The van der Waals surface area contributed by atoms with Crippen LogP contribution in [0.3, 0.4) is 0 Å². The van der Waals surface area contributed by atoms with Crippen molar-refractivity contribution in [2.24, 2.45) is 7.05 Å². The van der Waals surface area contributed by atoms with Crippen molar-refractivity contribution < 1.29 is 10.2 Å². The number of hydrogen-bond donors (Lipinski definition) is 2. The second-order valence-electron chi connectivity index (χ2n) is 3.28. The summed E-state index contributed by atoms with van der Waals surface area (Å²) in [5.41, 5.74) is 0.545. The molecule has 0 radical (unpaired) electrons. The predicted molar refractivity (Wildman–Crippen MR) is 67.4 cm³/mol. The summed E-state index contributed by atoms with van der Waals surface area (Å²) in [6.45, 7) is 0. The van der Waals surface area contributed by atoms with Crippen LogP contribution in [0.15, 0.2) is 27.4 Å². The number of phenolic OH excluding ortho intramolecular Hbond substituents is 2. The van der Waals surface area contributed by atoms with E-state index in [-0.39, 0.29) is 16.0 Å². The van der Waals surface area contributed by atoms with Crippen LogP contribution in [0.4, 0.5) is 0 Å². The van der Waals surface area contributed by atoms with E-state index in [2.05, 4.69) is 36.8 Å². The number of aromatic nitrogens is 2. The van der Waals surface area contributed by atoms with Gasteiger partial charge in [0.25, 0.3) is 0 Å². The quantitative estimate of drug-likeness (QED) is 0.833. The summed E-state index contributed by atoms with van der Waals surface area (Å²) in [5, 5.41) is 19.5. The molecular formula is C10H8Br2N2O2. The number of benzene rings is 1. The van der Waals surface area contributed by atoms with Gasteiger partial charge in [-0.05, 0) is 37.9 Å². The molecule has 0 amide bonds. The third-order valence-corrected chi connectivity index (χ3v) is 3.59. The Kier molecular flexibility index (Phi) is 2.94. The topological polar surface area (TPSA) is 58.3 Å². The highest BCUT2D eigenvalue weighted by Gasteiger charge is 2.17. The maximum absolute atomic E-state index is 9.92. The van der Waals surface area contributed by atoms with Gasteiger partial charge in [-0.25, -0.2) is 4.98 Å². The molecule has 2 N–H and O–H groups in total. The molecule has 1 aromatic heterocycles. The van der Waals surface area contributed by atoms with Crippen LogP contribution >= 0.6 is 31.9 Å². The summed E-state index contributed by atoms with van der Waals surface area (Å²) in [4.78, 5) is 4.14. The molecule has 0 aliphatic heterocycles. The number of aryl methyl sites for hydroxylation is 1. The Hall–Kier alpha value is -1.01. The highest BCUT2D eigenvalue weighted by molar-refractivity contribution is 9.11. The summed E-state index contributed by atoms with van der Waals surface area (Å²) in [6.07, 6.45) is 3.42. The first-order valence-electron chi connectivity index (χ1n) is 4.40. The van der Waals surface area contributed by atoms with Gasteiger partial charge in [0.2, 0.25) is 0 Å². The molecule has 0 atom stereocenters. The normalized spacial score (nSPS) is 10.7. The molecule has 0 unspecified atom stereocenters. The zero-order valence-corrected chi connectivity index (χ0v) is 11.4. The highest BCUT2D eigenvalue weighted by Crippen LogP contribution is 2.44. The number of aromatic hydroxyl groups is 2. The molecule has 1 heterocycles. The van der Waals surface area contributed by atoms with Crippen LogP contribution in [0.2, 0.25) is 0 Å². The van der Waals surface area contributed by atoms with Crippen LogP contribution < -0.4 is 0 Å². The molecule has 4 nitrogen and oxygen atoms in total. The van der Waals surface area contributed by atoms with Gasteiger partial charge in [0, 0.05) is 19.4 Å². The van der Waals surface area contributed by atoms with Gasteiger partial charge in [0.15, 0.2) is 0 Å². The first kappa shape index (κ1) is 11.5. The number of rotatable bonds is 1. The van der Waals surface area contributed by atoms with Crippen LogP contribution in [-0.4, -0.2) is 19.8 Å². The van der Waals surface area contributed by atoms with E-state index in [0.717, 1.165) is 0 Å². The second-order valence-corrected chi connectivity index (χ2v) is 4.93. The van der Waals surface area contributed by atoms with Gasteiger partial charge in [0.05, 0.1) is 10.0 Å². The van der Waals surface area contributed by atoms with E-state index in [1.165, 1.54) is 0 Å². The summed E-state index contributed by atoms with van der Waals surface area (Å²) >= 11 is 6.34. The van der Waals surface area contributed by atoms with Crippen molar-refractivity contribution >= 4 is 31.9 Å². The Bertz CT molecular complexity index is 552. The third kappa shape index (κ3) is 1.72. The Morgan fingerprint density at radius 2 is 1.94 bits per heavy atom. The lowest BCUT2D eigenvalue weighted by Crippen LogP contribution is -1.92. The Balaban J connectivity index is 2.72. The fourth-order valence-electron chi connectivity index (χ4n) is 1.39. The van der Waals surface area contributed by atoms with E-state index in [4.69, 9.17) is 0 Å². The van der Waals surface area contributed by atoms with Crippen molar-refractivity contribution in [3.05, 3.63) is 27.4 Å². The minimum absolute atomic E-state index is 0.0320. The maximum atomic E-state index is 9.92. The van der Waals surface area contributed by atoms with Gasteiger partial charge < -0.3 is 14.8 Å². The van der Waals surface area contributed by atoms with Crippen molar-refractivity contribution in [2.75, 3.05) is 0 Å². The largest absolute Gasteiger partial charge is 0.506 e. The van der Waals surface area contributed by atoms with E-state index in [1.54, 1.807) is 23.0 Å². The molecule has 84 valence electrons. The molecule has 0 saturated carbocycles. The minimum Gasteiger partial charge on any atom is -0.506 e. The van der Waals surface area contributed by atoms with Crippen molar-refractivity contribution in [3.63, 3.8) is 0 Å². The average Bonchev–Trinajstić information content (AvgIpc) is 2.67. The number of nitrogens with zero attached hydrogens (tertiary/aromatic N) is 2. The van der Waals surface area contributed by atoms with E-state index in [0.29, 0.717) is 15.9 Å². The standard InChI is InChI=1S/C10H8Br2N2O2/c1-14-3-2-13-10(14)5-4-6(11)9(16)7(12)8(5)15/h2-4,15-16H,1H3. The molecule has 0 spiro atoms. The molecule has 0 saturated heterocycles. The van der Waals surface area contributed by atoms with Crippen LogP contribution in [0.25, 0.3) is 11.4 Å². The molecule has 0 aliphatic carbocycles. The molecule has 0 aliphatic rings. The molecule has 6 heteroatoms. The predicted octanol–water partition coefficient (Wildman–Crippen LogP) is 3.02. The van der Waals surface area contributed by atoms with Crippen molar-refractivity contribution in [1.82, 2.24) is 9.55 Å². The van der Waals surface area contributed by atoms with Crippen LogP contribution in [-0.2, 0) is 7.05 Å². The van der Waals surface area contributed by atoms with Crippen LogP contribution in [0.5, 0.6) is 11.5 Å². The van der Waals surface area contributed by atoms with Crippen molar-refractivity contribution in [1.29, 1.82) is 0 Å². The molecule has 0 fully saturated rings. The molecular weight excluding hydrogens is 340 g/mol. The molecule has 1 aromatic carbocycles. The monoisotopic (exact) mass is 346 g/mol. The van der Waals surface area contributed by atoms with Gasteiger partial charge in [-0.3, -0.25) is 0 Å². The molecule has 2 aromatic rings. The zero-order chi connectivity index (χ0) is 11.9. The summed E-state index contributed by atoms with van der Waals surface area (Å²) in [5.74, 6) is 0.560. The second kappa shape index (κ2) is 4.10. The molecule has 2 rings (SSSR count). The fraction of sp³-hybridized carbons (Fsp3) is 0.100. The summed E-state index contributed by atoms with van der Waals surface area (Å²) in [7, 11) is 1.83. The van der Waals surface area contributed by atoms with E-state index >= 15 is 0 Å². The molecule has 0 bridgehead atoms. The SMILES string of the molecule is Cn1ccnc1-c1cc(Br)c(O)c(Br)c1O. The smallest absolute Gasteiger partial charge is 0.147 e. The molecule has 16 heavy (non-hydrogen) atoms. The van der Waals surface area contributed by atoms with E-state index < -0.39 is 0 Å². The first-order chi connectivity index (χ1) is 7.52. The summed E-state index contributed by atoms with van der Waals surface area (Å²) in [6, 6.07) is 1.62. The average molecular weight is 348 g/mol. The summed E-state index contributed by atoms with van der Waals surface area (Å²) < 4.78 is 2.53. The van der Waals surface area contributed by atoms with Gasteiger partial charge in [0.1, 0.15) is 21.8 Å². The first-order valence-corrected chi connectivity index (χ1v) is 5.98. The number of phenols is 2. The van der Waals surface area contributed by atoms with E-state index in [9.17, 15) is 10.2 Å².